The van der Waals surface area contributed by atoms with Gasteiger partial charge in [-0.15, -0.1) is 11.6 Å². The highest BCUT2D eigenvalue weighted by Gasteiger charge is 2.22. The molecule has 0 saturated heterocycles. The highest BCUT2D eigenvalue weighted by atomic mass is 35.5. The normalized spacial score (nSPS) is 22.8. The molecular formula is C16H21Cl2N3. The molecule has 0 amide bonds. The predicted molar refractivity (Wildman–Crippen MR) is 87.8 cm³/mol. The molecule has 0 unspecified atom stereocenters. The van der Waals surface area contributed by atoms with Crippen LogP contribution in [-0.4, -0.2) is 14.5 Å². The van der Waals surface area contributed by atoms with Crippen molar-refractivity contribution in [3.63, 3.8) is 0 Å². The third kappa shape index (κ3) is 3.19. The zero-order valence-corrected chi connectivity index (χ0v) is 13.9. The van der Waals surface area contributed by atoms with Crippen LogP contribution in [0.25, 0.3) is 11.2 Å². The number of hydrogen-bond acceptors (Lipinski definition) is 2. The molecule has 0 N–H and O–H groups in total. The van der Waals surface area contributed by atoms with E-state index >= 15 is 0 Å². The molecule has 0 aliphatic heterocycles. The minimum Gasteiger partial charge on any atom is -0.311 e. The van der Waals surface area contributed by atoms with Gasteiger partial charge in [-0.3, -0.25) is 0 Å². The number of imidazole rings is 1. The number of halogens is 2. The maximum Gasteiger partial charge on any atom is 0.160 e. The van der Waals surface area contributed by atoms with E-state index in [-0.39, 0.29) is 0 Å². The van der Waals surface area contributed by atoms with Crippen molar-refractivity contribution in [2.45, 2.75) is 51.5 Å². The van der Waals surface area contributed by atoms with Crippen molar-refractivity contribution in [2.24, 2.45) is 11.8 Å². The molecule has 21 heavy (non-hydrogen) atoms. The Morgan fingerprint density at radius 3 is 2.62 bits per heavy atom. The Labute approximate surface area is 135 Å². The SMILES string of the molecule is CCC1CCC(Cn2c(CCl)nc3cc(Cl)cnc32)CC1. The van der Waals surface area contributed by atoms with Crippen LogP contribution in [0.15, 0.2) is 12.3 Å². The topological polar surface area (TPSA) is 30.7 Å². The van der Waals surface area contributed by atoms with Gasteiger partial charge in [-0.2, -0.15) is 0 Å². The maximum atomic E-state index is 6.06. The minimum absolute atomic E-state index is 0.415. The van der Waals surface area contributed by atoms with Gasteiger partial charge in [0.2, 0.25) is 0 Å². The maximum absolute atomic E-state index is 6.06. The van der Waals surface area contributed by atoms with E-state index in [2.05, 4.69) is 21.5 Å². The zero-order chi connectivity index (χ0) is 14.8. The Morgan fingerprint density at radius 2 is 1.95 bits per heavy atom. The molecular weight excluding hydrogens is 305 g/mol. The largest absolute Gasteiger partial charge is 0.311 e. The number of fused-ring (bicyclic) bond motifs is 1. The summed E-state index contributed by atoms with van der Waals surface area (Å²) in [5.41, 5.74) is 1.76. The molecule has 2 aromatic heterocycles. The van der Waals surface area contributed by atoms with Crippen molar-refractivity contribution in [2.75, 3.05) is 0 Å². The van der Waals surface area contributed by atoms with Crippen LogP contribution in [0.2, 0.25) is 5.02 Å². The molecule has 2 heterocycles. The third-order valence-electron chi connectivity index (χ3n) is 4.73. The Kier molecular flexibility index (Phi) is 4.70. The summed E-state index contributed by atoms with van der Waals surface area (Å²) >= 11 is 12.1. The van der Waals surface area contributed by atoms with E-state index in [0.717, 1.165) is 29.5 Å². The van der Waals surface area contributed by atoms with Gasteiger partial charge in [-0.25, -0.2) is 9.97 Å². The summed E-state index contributed by atoms with van der Waals surface area (Å²) in [4.78, 5) is 9.03. The summed E-state index contributed by atoms with van der Waals surface area (Å²) in [5.74, 6) is 2.95. The number of rotatable bonds is 4. The lowest BCUT2D eigenvalue weighted by Gasteiger charge is -2.28. The molecule has 1 aliphatic rings. The number of hydrogen-bond donors (Lipinski definition) is 0. The van der Waals surface area contributed by atoms with E-state index in [9.17, 15) is 0 Å². The Morgan fingerprint density at radius 1 is 1.24 bits per heavy atom. The third-order valence-corrected chi connectivity index (χ3v) is 5.18. The average molecular weight is 326 g/mol. The molecule has 0 spiro atoms. The summed E-state index contributed by atoms with van der Waals surface area (Å²) in [6, 6.07) is 1.87. The molecule has 3 rings (SSSR count). The van der Waals surface area contributed by atoms with Crippen LogP contribution in [0.1, 0.15) is 44.9 Å². The summed E-state index contributed by atoms with van der Waals surface area (Å²) in [5, 5.41) is 0.622. The molecule has 2 aromatic rings. The average Bonchev–Trinajstić information content (AvgIpc) is 2.85. The van der Waals surface area contributed by atoms with Crippen LogP contribution in [0.4, 0.5) is 0 Å². The molecule has 5 heteroatoms. The smallest absolute Gasteiger partial charge is 0.160 e. The van der Waals surface area contributed by atoms with E-state index in [1.54, 1.807) is 6.20 Å². The van der Waals surface area contributed by atoms with Gasteiger partial charge in [0, 0.05) is 12.7 Å². The van der Waals surface area contributed by atoms with Gasteiger partial charge < -0.3 is 4.57 Å². The quantitative estimate of drug-likeness (QED) is 0.737. The first-order valence-electron chi connectivity index (χ1n) is 7.77. The van der Waals surface area contributed by atoms with Crippen LogP contribution in [0.5, 0.6) is 0 Å². The Hall–Kier alpha value is -0.800. The molecule has 0 aromatic carbocycles. The Balaban J connectivity index is 1.83. The predicted octanol–water partition coefficient (Wildman–Crippen LogP) is 5.04. The zero-order valence-electron chi connectivity index (χ0n) is 12.4. The van der Waals surface area contributed by atoms with E-state index in [1.807, 2.05) is 6.07 Å². The monoisotopic (exact) mass is 325 g/mol. The summed E-state index contributed by atoms with van der Waals surface area (Å²) in [6.07, 6.45) is 8.30. The van der Waals surface area contributed by atoms with Gasteiger partial charge in [0.25, 0.3) is 0 Å². The first kappa shape index (κ1) is 15.1. The summed E-state index contributed by atoms with van der Waals surface area (Å²) in [6.45, 7) is 3.28. The lowest BCUT2D eigenvalue weighted by molar-refractivity contribution is 0.248. The fourth-order valence-electron chi connectivity index (χ4n) is 3.41. The van der Waals surface area contributed by atoms with Gasteiger partial charge >= 0.3 is 0 Å². The first-order valence-corrected chi connectivity index (χ1v) is 8.69. The fourth-order valence-corrected chi connectivity index (χ4v) is 3.76. The van der Waals surface area contributed by atoms with E-state index in [1.165, 1.54) is 32.1 Å². The van der Waals surface area contributed by atoms with Gasteiger partial charge in [0.1, 0.15) is 11.3 Å². The molecule has 0 atom stereocenters. The molecule has 1 fully saturated rings. The van der Waals surface area contributed by atoms with Crippen LogP contribution in [0.3, 0.4) is 0 Å². The Bertz CT molecular complexity index is 615. The molecule has 1 saturated carbocycles. The molecule has 1 aliphatic carbocycles. The summed E-state index contributed by atoms with van der Waals surface area (Å²) in [7, 11) is 0. The van der Waals surface area contributed by atoms with Crippen molar-refractivity contribution in [3.05, 3.63) is 23.1 Å². The van der Waals surface area contributed by atoms with Crippen molar-refractivity contribution in [1.29, 1.82) is 0 Å². The standard InChI is InChI=1S/C16H21Cl2N3/c1-2-11-3-5-12(6-4-11)10-21-15(8-17)20-14-7-13(18)9-19-16(14)21/h7,9,11-12H,2-6,8,10H2,1H3. The van der Waals surface area contributed by atoms with Crippen LogP contribution in [-0.2, 0) is 12.4 Å². The fraction of sp³-hybridized carbons (Fsp3) is 0.625. The van der Waals surface area contributed by atoms with E-state index in [4.69, 9.17) is 23.2 Å². The second-order valence-electron chi connectivity index (χ2n) is 6.06. The van der Waals surface area contributed by atoms with E-state index < -0.39 is 0 Å². The lowest BCUT2D eigenvalue weighted by Crippen LogP contribution is -2.19. The van der Waals surface area contributed by atoms with Gasteiger partial charge in [0.15, 0.2) is 5.65 Å². The number of pyridine rings is 1. The number of nitrogens with zero attached hydrogens (tertiary/aromatic N) is 3. The number of alkyl halides is 1. The van der Waals surface area contributed by atoms with Crippen LogP contribution >= 0.6 is 23.2 Å². The summed E-state index contributed by atoms with van der Waals surface area (Å²) < 4.78 is 2.19. The molecule has 0 radical (unpaired) electrons. The number of aromatic nitrogens is 3. The van der Waals surface area contributed by atoms with Gasteiger partial charge in [-0.1, -0.05) is 37.8 Å². The van der Waals surface area contributed by atoms with Crippen LogP contribution < -0.4 is 0 Å². The molecule has 0 bridgehead atoms. The van der Waals surface area contributed by atoms with Gasteiger partial charge in [-0.05, 0) is 30.7 Å². The lowest BCUT2D eigenvalue weighted by atomic mass is 9.81. The van der Waals surface area contributed by atoms with Crippen molar-refractivity contribution in [3.8, 4) is 0 Å². The van der Waals surface area contributed by atoms with Crippen molar-refractivity contribution in [1.82, 2.24) is 14.5 Å². The first-order chi connectivity index (χ1) is 10.2. The molecule has 114 valence electrons. The second-order valence-corrected chi connectivity index (χ2v) is 6.77. The highest BCUT2D eigenvalue weighted by Crippen LogP contribution is 2.32. The minimum atomic E-state index is 0.415. The van der Waals surface area contributed by atoms with E-state index in [0.29, 0.717) is 16.8 Å². The second kappa shape index (κ2) is 6.53. The highest BCUT2D eigenvalue weighted by molar-refractivity contribution is 6.31. The molecule has 3 nitrogen and oxygen atoms in total. The van der Waals surface area contributed by atoms with Crippen molar-refractivity contribution >= 4 is 34.4 Å². The van der Waals surface area contributed by atoms with Gasteiger partial charge in [0.05, 0.1) is 10.9 Å². The van der Waals surface area contributed by atoms with Crippen LogP contribution in [0, 0.1) is 11.8 Å². The van der Waals surface area contributed by atoms with Crippen molar-refractivity contribution < 1.29 is 0 Å².